The van der Waals surface area contributed by atoms with Crippen LogP contribution in [0.25, 0.3) is 21.1 Å². The van der Waals surface area contributed by atoms with Gasteiger partial charge >= 0.3 is 0 Å². The Morgan fingerprint density at radius 1 is 1.44 bits per heavy atom. The van der Waals surface area contributed by atoms with Gasteiger partial charge in [0.2, 0.25) is 5.91 Å². The van der Waals surface area contributed by atoms with Crippen LogP contribution in [0, 0.1) is 11.3 Å². The van der Waals surface area contributed by atoms with Crippen molar-refractivity contribution < 1.29 is 4.79 Å². The number of nitrogens with two attached hydrogens (primary N) is 1. The summed E-state index contributed by atoms with van der Waals surface area (Å²) in [6, 6.07) is 9.67. The molecule has 0 aliphatic carbocycles. The third-order valence-corrected chi connectivity index (χ3v) is 3.97. The molecule has 0 aliphatic heterocycles. The zero-order valence-electron chi connectivity index (χ0n) is 9.60. The summed E-state index contributed by atoms with van der Waals surface area (Å²) in [5.74, 6) is -0.0769. The fraction of sp³-hybridized carbons (Fsp3) is 0.0769. The lowest BCUT2D eigenvalue weighted by atomic mass is 10.1. The van der Waals surface area contributed by atoms with Crippen molar-refractivity contribution in [1.82, 2.24) is 4.57 Å². The van der Waals surface area contributed by atoms with Crippen LogP contribution in [0.4, 0.5) is 5.00 Å². The number of anilines is 1. The summed E-state index contributed by atoms with van der Waals surface area (Å²) in [7, 11) is 0. The van der Waals surface area contributed by atoms with Crippen molar-refractivity contribution in [2.24, 2.45) is 0 Å². The second-order valence-electron chi connectivity index (χ2n) is 4.00. The van der Waals surface area contributed by atoms with Crippen molar-refractivity contribution in [3.63, 3.8) is 0 Å². The van der Waals surface area contributed by atoms with Crippen LogP contribution in [-0.4, -0.2) is 10.5 Å². The number of hydrogen-bond acceptors (Lipinski definition) is 4. The number of carbonyl (C=O) groups excluding carboxylic acids is 1. The zero-order valence-corrected chi connectivity index (χ0v) is 10.4. The number of nitriles is 1. The van der Waals surface area contributed by atoms with Gasteiger partial charge in [-0.3, -0.25) is 9.36 Å². The lowest BCUT2D eigenvalue weighted by Gasteiger charge is -1.99. The highest BCUT2D eigenvalue weighted by atomic mass is 32.1. The molecule has 0 fully saturated rings. The first-order valence-corrected chi connectivity index (χ1v) is 6.19. The second kappa shape index (κ2) is 3.59. The Morgan fingerprint density at radius 2 is 2.17 bits per heavy atom. The molecular formula is C13H9N3OS. The van der Waals surface area contributed by atoms with Gasteiger partial charge in [0.25, 0.3) is 0 Å². The predicted octanol–water partition coefficient (Wildman–Crippen LogP) is 2.97. The molecule has 2 aromatic heterocycles. The Morgan fingerprint density at radius 3 is 2.83 bits per heavy atom. The van der Waals surface area contributed by atoms with Crippen LogP contribution in [0.2, 0.25) is 0 Å². The molecule has 0 spiro atoms. The van der Waals surface area contributed by atoms with Gasteiger partial charge < -0.3 is 5.73 Å². The molecule has 0 amide bonds. The van der Waals surface area contributed by atoms with Crippen LogP contribution in [-0.2, 0) is 0 Å². The summed E-state index contributed by atoms with van der Waals surface area (Å²) in [5.41, 5.74) is 7.13. The first-order chi connectivity index (χ1) is 8.65. The molecule has 18 heavy (non-hydrogen) atoms. The van der Waals surface area contributed by atoms with Crippen molar-refractivity contribution in [3.8, 4) is 6.07 Å². The molecule has 2 N–H and O–H groups in total. The predicted molar refractivity (Wildman–Crippen MR) is 72.7 cm³/mol. The maximum absolute atomic E-state index is 11.8. The Hall–Kier alpha value is -2.32. The minimum absolute atomic E-state index is 0.0769. The molecule has 4 nitrogen and oxygen atoms in total. The van der Waals surface area contributed by atoms with Gasteiger partial charge in [0.05, 0.1) is 11.1 Å². The Kier molecular flexibility index (Phi) is 2.15. The Labute approximate surface area is 107 Å². The molecule has 5 heteroatoms. The molecule has 0 radical (unpaired) electrons. The number of fused-ring (bicyclic) bond motifs is 3. The molecular weight excluding hydrogens is 246 g/mol. The average molecular weight is 255 g/mol. The van der Waals surface area contributed by atoms with E-state index in [0.717, 1.165) is 21.1 Å². The van der Waals surface area contributed by atoms with E-state index in [1.165, 1.54) is 18.3 Å². The molecule has 0 saturated carbocycles. The van der Waals surface area contributed by atoms with Gasteiger partial charge in [0.15, 0.2) is 0 Å². The molecule has 3 rings (SSSR count). The van der Waals surface area contributed by atoms with E-state index in [9.17, 15) is 10.1 Å². The van der Waals surface area contributed by atoms with E-state index in [2.05, 4.69) is 6.07 Å². The number of benzene rings is 1. The molecule has 0 unspecified atom stereocenters. The molecule has 88 valence electrons. The van der Waals surface area contributed by atoms with E-state index in [4.69, 9.17) is 5.73 Å². The third-order valence-electron chi connectivity index (χ3n) is 2.96. The summed E-state index contributed by atoms with van der Waals surface area (Å²) in [6.07, 6.45) is 0. The van der Waals surface area contributed by atoms with Gasteiger partial charge in [-0.15, -0.1) is 0 Å². The number of rotatable bonds is 0. The molecule has 2 heterocycles. The molecule has 3 aromatic rings. The van der Waals surface area contributed by atoms with Crippen LogP contribution >= 0.6 is 11.3 Å². The lowest BCUT2D eigenvalue weighted by molar-refractivity contribution is 0.0947. The average Bonchev–Trinajstić information content (AvgIpc) is 2.81. The molecule has 0 bridgehead atoms. The summed E-state index contributed by atoms with van der Waals surface area (Å²) in [6.45, 7) is 1.51. The Bertz CT molecular complexity index is 835. The highest BCUT2D eigenvalue weighted by molar-refractivity contribution is 7.23. The standard InChI is InChI=1S/C13H9N3OS/c1-7(17)16-10-5-3-2-4-8(10)11-9(6-14)12(15)18-13(11)16/h2-5H,15H2,1H3. The number of para-hydroxylation sites is 1. The fourth-order valence-corrected chi connectivity index (χ4v) is 3.35. The van der Waals surface area contributed by atoms with Crippen molar-refractivity contribution in [2.75, 3.05) is 5.73 Å². The number of carbonyl (C=O) groups is 1. The first-order valence-electron chi connectivity index (χ1n) is 5.37. The number of nitrogen functional groups attached to an aromatic ring is 1. The summed E-state index contributed by atoms with van der Waals surface area (Å²) in [4.78, 5) is 12.5. The highest BCUT2D eigenvalue weighted by Crippen LogP contribution is 2.39. The number of hydrogen-bond donors (Lipinski definition) is 1. The number of aromatic nitrogens is 1. The van der Waals surface area contributed by atoms with Gasteiger partial charge in [-0.1, -0.05) is 29.5 Å². The minimum Gasteiger partial charge on any atom is -0.389 e. The molecule has 1 aromatic carbocycles. The van der Waals surface area contributed by atoms with E-state index in [0.29, 0.717) is 10.6 Å². The highest BCUT2D eigenvalue weighted by Gasteiger charge is 2.20. The van der Waals surface area contributed by atoms with Crippen LogP contribution in [0.15, 0.2) is 24.3 Å². The van der Waals surface area contributed by atoms with Crippen LogP contribution in [0.5, 0.6) is 0 Å². The SMILES string of the molecule is CC(=O)n1c2ccccc2c2c(C#N)c(N)sc21. The maximum Gasteiger partial charge on any atom is 0.229 e. The number of thiophene rings is 1. The lowest BCUT2D eigenvalue weighted by Crippen LogP contribution is -2.03. The molecule has 0 saturated heterocycles. The van der Waals surface area contributed by atoms with E-state index < -0.39 is 0 Å². The van der Waals surface area contributed by atoms with Gasteiger partial charge in [-0.2, -0.15) is 5.26 Å². The van der Waals surface area contributed by atoms with E-state index in [1.807, 2.05) is 24.3 Å². The first kappa shape index (κ1) is 10.8. The van der Waals surface area contributed by atoms with Crippen LogP contribution in [0.3, 0.4) is 0 Å². The summed E-state index contributed by atoms with van der Waals surface area (Å²) < 4.78 is 1.62. The van der Waals surface area contributed by atoms with Crippen LogP contribution in [0.1, 0.15) is 17.3 Å². The monoisotopic (exact) mass is 255 g/mol. The minimum atomic E-state index is -0.0769. The summed E-state index contributed by atoms with van der Waals surface area (Å²) in [5, 5.41) is 11.3. The van der Waals surface area contributed by atoms with E-state index in [1.54, 1.807) is 4.57 Å². The Balaban J connectivity index is 2.66. The second-order valence-corrected chi connectivity index (χ2v) is 5.04. The largest absolute Gasteiger partial charge is 0.389 e. The van der Waals surface area contributed by atoms with E-state index >= 15 is 0 Å². The normalized spacial score (nSPS) is 10.9. The zero-order chi connectivity index (χ0) is 12.9. The maximum atomic E-state index is 11.8. The van der Waals surface area contributed by atoms with E-state index in [-0.39, 0.29) is 5.91 Å². The van der Waals surface area contributed by atoms with Crippen molar-refractivity contribution in [2.45, 2.75) is 6.92 Å². The third kappa shape index (κ3) is 1.21. The van der Waals surface area contributed by atoms with Crippen molar-refractivity contribution >= 4 is 43.4 Å². The van der Waals surface area contributed by atoms with Crippen molar-refractivity contribution in [3.05, 3.63) is 29.8 Å². The van der Waals surface area contributed by atoms with Crippen LogP contribution < -0.4 is 5.73 Å². The smallest absolute Gasteiger partial charge is 0.229 e. The molecule has 0 aliphatic rings. The number of nitrogens with zero attached hydrogens (tertiary/aromatic N) is 2. The summed E-state index contributed by atoms with van der Waals surface area (Å²) >= 11 is 1.28. The van der Waals surface area contributed by atoms with Gasteiger partial charge in [-0.25, -0.2) is 0 Å². The van der Waals surface area contributed by atoms with Gasteiger partial charge in [-0.05, 0) is 6.07 Å². The fourth-order valence-electron chi connectivity index (χ4n) is 2.26. The quantitative estimate of drug-likeness (QED) is 0.671. The molecule has 0 atom stereocenters. The van der Waals surface area contributed by atoms with Crippen molar-refractivity contribution in [1.29, 1.82) is 5.26 Å². The van der Waals surface area contributed by atoms with Gasteiger partial charge in [0.1, 0.15) is 15.9 Å². The topological polar surface area (TPSA) is 71.8 Å². The van der Waals surface area contributed by atoms with Gasteiger partial charge in [0, 0.05) is 17.7 Å².